The van der Waals surface area contributed by atoms with E-state index in [9.17, 15) is 8.42 Å². The minimum atomic E-state index is -3.19. The van der Waals surface area contributed by atoms with Crippen LogP contribution in [0.4, 0.5) is 0 Å². The molecule has 0 aromatic rings. The molecule has 2 heterocycles. The van der Waals surface area contributed by atoms with Crippen LogP contribution in [0.25, 0.3) is 0 Å². The van der Waals surface area contributed by atoms with Gasteiger partial charge in [-0.25, -0.2) is 13.1 Å². The van der Waals surface area contributed by atoms with Crippen molar-refractivity contribution in [1.29, 1.82) is 0 Å². The molecule has 112 valence electrons. The van der Waals surface area contributed by atoms with Crippen LogP contribution in [0.5, 0.6) is 0 Å². The van der Waals surface area contributed by atoms with E-state index in [1.165, 1.54) is 0 Å². The van der Waals surface area contributed by atoms with E-state index in [1.54, 1.807) is 0 Å². The van der Waals surface area contributed by atoms with Gasteiger partial charge in [-0.15, -0.1) is 0 Å². The summed E-state index contributed by atoms with van der Waals surface area (Å²) in [5, 5.41) is 0. The summed E-state index contributed by atoms with van der Waals surface area (Å²) < 4.78 is 37.5. The lowest BCUT2D eigenvalue weighted by molar-refractivity contribution is 0.0117. The molecule has 0 amide bonds. The summed E-state index contributed by atoms with van der Waals surface area (Å²) in [7, 11) is -3.19. The molecule has 0 bridgehead atoms. The van der Waals surface area contributed by atoms with Gasteiger partial charge in [0.05, 0.1) is 44.3 Å². The average molecular weight is 292 g/mol. The monoisotopic (exact) mass is 292 g/mol. The van der Waals surface area contributed by atoms with Gasteiger partial charge in [0.15, 0.2) is 0 Å². The Balaban J connectivity index is 1.91. The summed E-state index contributed by atoms with van der Waals surface area (Å²) >= 11 is 0. The molecule has 0 saturated carbocycles. The van der Waals surface area contributed by atoms with Crippen LogP contribution < -0.4 is 4.72 Å². The minimum Gasteiger partial charge on any atom is -0.379 e. The van der Waals surface area contributed by atoms with Gasteiger partial charge in [-0.05, 0) is 6.42 Å². The average Bonchev–Trinajstić information content (AvgIpc) is 2.85. The molecule has 0 aromatic carbocycles. The number of rotatable bonds is 6. The van der Waals surface area contributed by atoms with E-state index in [1.807, 2.05) is 6.92 Å². The first-order chi connectivity index (χ1) is 9.12. The molecule has 19 heavy (non-hydrogen) atoms. The first kappa shape index (κ1) is 15.2. The zero-order chi connectivity index (χ0) is 13.7. The maximum Gasteiger partial charge on any atom is 0.211 e. The molecular formula is C12H24N2O4S. The summed E-state index contributed by atoms with van der Waals surface area (Å²) in [4.78, 5) is 2.27. The highest BCUT2D eigenvalue weighted by atomic mass is 32.2. The van der Waals surface area contributed by atoms with Crippen molar-refractivity contribution in [1.82, 2.24) is 9.62 Å². The Hall–Kier alpha value is -0.210. The number of nitrogens with one attached hydrogen (secondary N) is 1. The van der Waals surface area contributed by atoms with Crippen LogP contribution >= 0.6 is 0 Å². The number of unbranched alkanes of at least 4 members (excludes halogenated alkanes) is 1. The Morgan fingerprint density at radius 3 is 2.63 bits per heavy atom. The molecule has 0 radical (unpaired) electrons. The molecule has 0 unspecified atom stereocenters. The SMILES string of the molecule is CCCCS(=O)(=O)N[C@H]1COC[C@@H]1N1CCOCC1. The van der Waals surface area contributed by atoms with Crippen LogP contribution in [-0.2, 0) is 19.5 Å². The third-order valence-electron chi connectivity index (χ3n) is 3.66. The summed E-state index contributed by atoms with van der Waals surface area (Å²) in [6.45, 7) is 6.18. The highest BCUT2D eigenvalue weighted by molar-refractivity contribution is 7.89. The molecule has 2 fully saturated rings. The number of sulfonamides is 1. The molecule has 2 aliphatic heterocycles. The van der Waals surface area contributed by atoms with Crippen molar-refractivity contribution in [2.24, 2.45) is 0 Å². The maximum absolute atomic E-state index is 12.0. The summed E-state index contributed by atoms with van der Waals surface area (Å²) in [6.07, 6.45) is 1.58. The van der Waals surface area contributed by atoms with E-state index in [-0.39, 0.29) is 17.8 Å². The molecule has 0 aromatic heterocycles. The van der Waals surface area contributed by atoms with E-state index < -0.39 is 10.0 Å². The van der Waals surface area contributed by atoms with E-state index in [0.29, 0.717) is 32.8 Å². The van der Waals surface area contributed by atoms with Crippen LogP contribution in [0, 0.1) is 0 Å². The van der Waals surface area contributed by atoms with Crippen LogP contribution in [0.3, 0.4) is 0 Å². The highest BCUT2D eigenvalue weighted by Gasteiger charge is 2.35. The van der Waals surface area contributed by atoms with Gasteiger partial charge in [-0.3, -0.25) is 4.90 Å². The fourth-order valence-corrected chi connectivity index (χ4v) is 4.02. The molecule has 6 nitrogen and oxygen atoms in total. The third kappa shape index (κ3) is 4.39. The molecule has 2 saturated heterocycles. The largest absolute Gasteiger partial charge is 0.379 e. The van der Waals surface area contributed by atoms with Gasteiger partial charge in [0.2, 0.25) is 10.0 Å². The Labute approximate surface area is 115 Å². The molecule has 1 N–H and O–H groups in total. The Kier molecular flexibility index (Phi) is 5.58. The number of morpholine rings is 1. The second kappa shape index (κ2) is 6.99. The Morgan fingerprint density at radius 1 is 1.21 bits per heavy atom. The van der Waals surface area contributed by atoms with Gasteiger partial charge in [0, 0.05) is 13.1 Å². The second-order valence-electron chi connectivity index (χ2n) is 5.15. The number of hydrogen-bond donors (Lipinski definition) is 1. The fraction of sp³-hybridized carbons (Fsp3) is 1.00. The third-order valence-corrected chi connectivity index (χ3v) is 5.15. The lowest BCUT2D eigenvalue weighted by Crippen LogP contribution is -2.54. The second-order valence-corrected chi connectivity index (χ2v) is 7.02. The predicted molar refractivity (Wildman–Crippen MR) is 72.6 cm³/mol. The van der Waals surface area contributed by atoms with Gasteiger partial charge < -0.3 is 9.47 Å². The fourth-order valence-electron chi connectivity index (χ4n) is 2.55. The number of nitrogens with zero attached hydrogens (tertiary/aromatic N) is 1. The summed E-state index contributed by atoms with van der Waals surface area (Å²) in [5.74, 6) is 0.204. The van der Waals surface area contributed by atoms with E-state index in [2.05, 4.69) is 9.62 Å². The zero-order valence-electron chi connectivity index (χ0n) is 11.5. The van der Waals surface area contributed by atoms with Crippen LogP contribution in [0.2, 0.25) is 0 Å². The first-order valence-corrected chi connectivity index (χ1v) is 8.67. The smallest absolute Gasteiger partial charge is 0.211 e. The van der Waals surface area contributed by atoms with Crippen molar-refractivity contribution in [3.05, 3.63) is 0 Å². The van der Waals surface area contributed by atoms with Crippen LogP contribution in [-0.4, -0.2) is 70.7 Å². The Bertz CT molecular complexity index is 368. The van der Waals surface area contributed by atoms with Crippen molar-refractivity contribution in [3.8, 4) is 0 Å². The molecular weight excluding hydrogens is 268 g/mol. The molecule has 7 heteroatoms. The van der Waals surface area contributed by atoms with Gasteiger partial charge in [-0.2, -0.15) is 0 Å². The van der Waals surface area contributed by atoms with Crippen LogP contribution in [0.1, 0.15) is 19.8 Å². The van der Waals surface area contributed by atoms with Gasteiger partial charge in [0.1, 0.15) is 0 Å². The molecule has 2 atom stereocenters. The number of ether oxygens (including phenoxy) is 2. The standard InChI is InChI=1S/C12H24N2O4S/c1-2-3-8-19(15,16)13-11-9-18-10-12(11)14-4-6-17-7-5-14/h11-13H,2-10H2,1H3/t11-,12-/m0/s1. The predicted octanol–water partition coefficient (Wildman–Crippen LogP) is -0.194. The number of hydrogen-bond acceptors (Lipinski definition) is 5. The highest BCUT2D eigenvalue weighted by Crippen LogP contribution is 2.16. The topological polar surface area (TPSA) is 67.9 Å². The van der Waals surface area contributed by atoms with Crippen molar-refractivity contribution in [2.45, 2.75) is 31.8 Å². The van der Waals surface area contributed by atoms with Crippen molar-refractivity contribution in [3.63, 3.8) is 0 Å². The zero-order valence-corrected chi connectivity index (χ0v) is 12.3. The van der Waals surface area contributed by atoms with Crippen molar-refractivity contribution >= 4 is 10.0 Å². The summed E-state index contributed by atoms with van der Waals surface area (Å²) in [5.41, 5.74) is 0. The molecule has 2 rings (SSSR count). The quantitative estimate of drug-likeness (QED) is 0.735. The maximum atomic E-state index is 12.0. The van der Waals surface area contributed by atoms with E-state index in [4.69, 9.17) is 9.47 Å². The lowest BCUT2D eigenvalue weighted by atomic mass is 10.1. The lowest BCUT2D eigenvalue weighted by Gasteiger charge is -2.34. The van der Waals surface area contributed by atoms with Gasteiger partial charge in [0.25, 0.3) is 0 Å². The van der Waals surface area contributed by atoms with E-state index >= 15 is 0 Å². The normalized spacial score (nSPS) is 29.7. The molecule has 0 aliphatic carbocycles. The summed E-state index contributed by atoms with van der Waals surface area (Å²) in [6, 6.07) is 0.0141. The molecule has 2 aliphatic rings. The van der Waals surface area contributed by atoms with E-state index in [0.717, 1.165) is 19.5 Å². The van der Waals surface area contributed by atoms with Crippen molar-refractivity contribution < 1.29 is 17.9 Å². The molecule has 0 spiro atoms. The van der Waals surface area contributed by atoms with Crippen molar-refractivity contribution in [2.75, 3.05) is 45.3 Å². The minimum absolute atomic E-state index is 0.125. The van der Waals surface area contributed by atoms with Crippen LogP contribution in [0.15, 0.2) is 0 Å². The Morgan fingerprint density at radius 2 is 1.95 bits per heavy atom. The van der Waals surface area contributed by atoms with Gasteiger partial charge >= 0.3 is 0 Å². The van der Waals surface area contributed by atoms with Gasteiger partial charge in [-0.1, -0.05) is 13.3 Å². The first-order valence-electron chi connectivity index (χ1n) is 7.02.